The number of carbonyl (C=O) groups excluding carboxylic acids is 2. The van der Waals surface area contributed by atoms with E-state index in [2.05, 4.69) is 0 Å². The third kappa shape index (κ3) is 3.09. The number of aromatic nitrogens is 1. The average Bonchev–Trinajstić information content (AvgIpc) is 2.43. The van der Waals surface area contributed by atoms with E-state index in [0.717, 1.165) is 4.57 Å². The van der Waals surface area contributed by atoms with Crippen LogP contribution in [0.1, 0.15) is 31.3 Å². The number of ether oxygens (including phenoxy) is 1. The maximum atomic E-state index is 11.6. The Morgan fingerprint density at radius 1 is 1.53 bits per heavy atom. The highest BCUT2D eigenvalue weighted by Crippen LogP contribution is 2.15. The summed E-state index contributed by atoms with van der Waals surface area (Å²) in [5.74, 6) is 0. The molecule has 0 aliphatic rings. The van der Waals surface area contributed by atoms with Crippen molar-refractivity contribution in [3.8, 4) is 0 Å². The molecule has 5 heteroatoms. The van der Waals surface area contributed by atoms with Gasteiger partial charge in [0, 0.05) is 6.20 Å². The molecule has 15 heavy (non-hydrogen) atoms. The molecular formula is C10H12ClNO3. The molecule has 0 radical (unpaired) electrons. The molecule has 0 aliphatic carbocycles. The molecule has 1 aromatic rings. The summed E-state index contributed by atoms with van der Waals surface area (Å²) in [6.45, 7) is 5.24. The molecule has 1 heterocycles. The number of halogens is 1. The first kappa shape index (κ1) is 11.8. The van der Waals surface area contributed by atoms with Gasteiger partial charge < -0.3 is 4.74 Å². The molecule has 0 N–H and O–H groups in total. The van der Waals surface area contributed by atoms with Crippen molar-refractivity contribution in [3.63, 3.8) is 0 Å². The van der Waals surface area contributed by atoms with E-state index in [1.807, 2.05) is 0 Å². The number of hydrogen-bond donors (Lipinski definition) is 0. The summed E-state index contributed by atoms with van der Waals surface area (Å²) in [7, 11) is 0. The lowest BCUT2D eigenvalue weighted by atomic mass is 10.2. The van der Waals surface area contributed by atoms with Crippen molar-refractivity contribution in [3.05, 3.63) is 23.0 Å². The van der Waals surface area contributed by atoms with E-state index in [9.17, 15) is 9.59 Å². The zero-order chi connectivity index (χ0) is 11.6. The first-order chi connectivity index (χ1) is 6.83. The van der Waals surface area contributed by atoms with Gasteiger partial charge in [0.2, 0.25) is 0 Å². The molecule has 4 nitrogen and oxygen atoms in total. The lowest BCUT2D eigenvalue weighted by Crippen LogP contribution is -2.27. The molecule has 0 atom stereocenters. The van der Waals surface area contributed by atoms with Crippen molar-refractivity contribution >= 4 is 24.0 Å². The Labute approximate surface area is 92.8 Å². The quantitative estimate of drug-likeness (QED) is 0.696. The van der Waals surface area contributed by atoms with E-state index >= 15 is 0 Å². The summed E-state index contributed by atoms with van der Waals surface area (Å²) in [6, 6.07) is 1.40. The first-order valence-electron chi connectivity index (χ1n) is 4.40. The predicted molar refractivity (Wildman–Crippen MR) is 56.5 cm³/mol. The van der Waals surface area contributed by atoms with Crippen LogP contribution < -0.4 is 0 Å². The zero-order valence-electron chi connectivity index (χ0n) is 8.78. The van der Waals surface area contributed by atoms with E-state index in [-0.39, 0.29) is 5.69 Å². The third-order valence-corrected chi connectivity index (χ3v) is 1.73. The van der Waals surface area contributed by atoms with Crippen LogP contribution in [0.25, 0.3) is 0 Å². The second kappa shape index (κ2) is 4.06. The van der Waals surface area contributed by atoms with Crippen molar-refractivity contribution in [2.45, 2.75) is 26.4 Å². The van der Waals surface area contributed by atoms with Crippen molar-refractivity contribution in [2.75, 3.05) is 0 Å². The van der Waals surface area contributed by atoms with Gasteiger partial charge >= 0.3 is 6.09 Å². The summed E-state index contributed by atoms with van der Waals surface area (Å²) in [5, 5.41) is 0.322. The minimum atomic E-state index is -0.614. The highest BCUT2D eigenvalue weighted by molar-refractivity contribution is 6.31. The maximum Gasteiger partial charge on any atom is 0.419 e. The summed E-state index contributed by atoms with van der Waals surface area (Å²) >= 11 is 5.67. The number of hydrogen-bond acceptors (Lipinski definition) is 3. The Morgan fingerprint density at radius 3 is 2.60 bits per heavy atom. The van der Waals surface area contributed by atoms with Crippen LogP contribution >= 0.6 is 11.6 Å². The Kier molecular flexibility index (Phi) is 3.19. The van der Waals surface area contributed by atoms with Crippen molar-refractivity contribution < 1.29 is 14.3 Å². The molecule has 0 unspecified atom stereocenters. The largest absolute Gasteiger partial charge is 0.443 e. The molecule has 82 valence electrons. The summed E-state index contributed by atoms with van der Waals surface area (Å²) in [5.41, 5.74) is -0.428. The Balaban J connectivity index is 2.95. The summed E-state index contributed by atoms with van der Waals surface area (Å²) in [6.07, 6.45) is 1.28. The fourth-order valence-electron chi connectivity index (χ4n) is 1.01. The molecule has 0 saturated heterocycles. The van der Waals surface area contributed by atoms with Crippen LogP contribution in [-0.2, 0) is 4.74 Å². The molecule has 0 spiro atoms. The van der Waals surface area contributed by atoms with Gasteiger partial charge in [0.25, 0.3) is 0 Å². The van der Waals surface area contributed by atoms with Crippen LogP contribution in [0.2, 0.25) is 5.02 Å². The molecule has 0 bridgehead atoms. The van der Waals surface area contributed by atoms with E-state index in [0.29, 0.717) is 11.3 Å². The molecular weight excluding hydrogens is 218 g/mol. The van der Waals surface area contributed by atoms with Gasteiger partial charge in [-0.15, -0.1) is 0 Å². The Bertz CT molecular complexity index is 390. The fourth-order valence-corrected chi connectivity index (χ4v) is 1.22. The van der Waals surface area contributed by atoms with Crippen LogP contribution in [0, 0.1) is 0 Å². The second-order valence-electron chi connectivity index (χ2n) is 4.05. The highest BCUT2D eigenvalue weighted by atomic mass is 35.5. The van der Waals surface area contributed by atoms with Gasteiger partial charge in [-0.05, 0) is 26.8 Å². The smallest absolute Gasteiger partial charge is 0.419 e. The first-order valence-corrected chi connectivity index (χ1v) is 4.78. The van der Waals surface area contributed by atoms with Gasteiger partial charge in [-0.1, -0.05) is 11.6 Å². The summed E-state index contributed by atoms with van der Waals surface area (Å²) in [4.78, 5) is 22.2. The minimum Gasteiger partial charge on any atom is -0.443 e. The van der Waals surface area contributed by atoms with Gasteiger partial charge in [0.1, 0.15) is 5.60 Å². The molecule has 0 aliphatic heterocycles. The van der Waals surface area contributed by atoms with Crippen molar-refractivity contribution in [1.82, 2.24) is 4.57 Å². The van der Waals surface area contributed by atoms with Crippen LogP contribution in [-0.4, -0.2) is 22.5 Å². The second-order valence-corrected chi connectivity index (χ2v) is 4.49. The highest BCUT2D eigenvalue weighted by Gasteiger charge is 2.19. The maximum absolute atomic E-state index is 11.6. The van der Waals surface area contributed by atoms with Crippen LogP contribution in [0.3, 0.4) is 0 Å². The van der Waals surface area contributed by atoms with Gasteiger partial charge in [-0.25, -0.2) is 9.36 Å². The molecule has 1 aromatic heterocycles. The molecule has 1 rings (SSSR count). The van der Waals surface area contributed by atoms with Gasteiger partial charge in [-0.3, -0.25) is 4.79 Å². The zero-order valence-corrected chi connectivity index (χ0v) is 9.54. The normalized spacial score (nSPS) is 11.2. The average molecular weight is 230 g/mol. The number of aldehydes is 1. The van der Waals surface area contributed by atoms with Gasteiger partial charge in [0.05, 0.1) is 10.7 Å². The van der Waals surface area contributed by atoms with Crippen LogP contribution in [0.4, 0.5) is 4.79 Å². The fraction of sp³-hybridized carbons (Fsp3) is 0.400. The van der Waals surface area contributed by atoms with Gasteiger partial charge in [0.15, 0.2) is 6.29 Å². The monoisotopic (exact) mass is 229 g/mol. The standard InChI is InChI=1S/C10H12ClNO3/c1-10(2,3)15-9(14)12-5-7(11)4-8(12)6-13/h4-6H,1-3H3. The van der Waals surface area contributed by atoms with Crippen molar-refractivity contribution in [2.24, 2.45) is 0 Å². The van der Waals surface area contributed by atoms with Crippen LogP contribution in [0.5, 0.6) is 0 Å². The lowest BCUT2D eigenvalue weighted by Gasteiger charge is -2.19. The van der Waals surface area contributed by atoms with Gasteiger partial charge in [-0.2, -0.15) is 0 Å². The minimum absolute atomic E-state index is 0.175. The predicted octanol–water partition coefficient (Wildman–Crippen LogP) is 2.74. The Hall–Kier alpha value is -1.29. The van der Waals surface area contributed by atoms with E-state index in [4.69, 9.17) is 16.3 Å². The molecule has 0 fully saturated rings. The van der Waals surface area contributed by atoms with Crippen molar-refractivity contribution in [1.29, 1.82) is 0 Å². The lowest BCUT2D eigenvalue weighted by molar-refractivity contribution is 0.0531. The van der Waals surface area contributed by atoms with Crippen LogP contribution in [0.15, 0.2) is 12.3 Å². The number of nitrogens with zero attached hydrogens (tertiary/aromatic N) is 1. The van der Waals surface area contributed by atoms with E-state index < -0.39 is 11.7 Å². The number of carbonyl (C=O) groups is 2. The van der Waals surface area contributed by atoms with E-state index in [1.54, 1.807) is 20.8 Å². The Morgan fingerprint density at radius 2 is 2.13 bits per heavy atom. The molecule has 0 saturated carbocycles. The molecule has 0 aromatic carbocycles. The third-order valence-electron chi connectivity index (χ3n) is 1.53. The number of rotatable bonds is 1. The van der Waals surface area contributed by atoms with E-state index in [1.165, 1.54) is 12.3 Å². The molecule has 0 amide bonds. The SMILES string of the molecule is CC(C)(C)OC(=O)n1cc(Cl)cc1C=O. The summed E-state index contributed by atoms with van der Waals surface area (Å²) < 4.78 is 6.17. The topological polar surface area (TPSA) is 48.3 Å².